The van der Waals surface area contributed by atoms with Crippen molar-refractivity contribution in [3.8, 4) is 44.5 Å². The zero-order chi connectivity index (χ0) is 53.4. The first-order valence-corrected chi connectivity index (χ1v) is 22.8. The van der Waals surface area contributed by atoms with Gasteiger partial charge in [0.15, 0.2) is 0 Å². The van der Waals surface area contributed by atoms with Gasteiger partial charge in [-0.25, -0.2) is 0 Å². The van der Waals surface area contributed by atoms with E-state index in [2.05, 4.69) is 74.8 Å². The Morgan fingerprint density at radius 1 is 0.471 bits per heavy atom. The van der Waals surface area contributed by atoms with Gasteiger partial charge in [0.1, 0.15) is 0 Å². The Bertz CT molecular complexity index is 3830. The number of hydrogen-bond donors (Lipinski definition) is 0. The first-order valence-electron chi connectivity index (χ1n) is 26.8. The van der Waals surface area contributed by atoms with E-state index < -0.39 is 41.7 Å². The summed E-state index contributed by atoms with van der Waals surface area (Å²) in [7, 11) is 0. The molecule has 9 aromatic carbocycles. The third kappa shape index (κ3) is 7.89. The highest BCUT2D eigenvalue weighted by atomic mass is 15.1. The number of rotatable bonds is 15. The second-order valence-corrected chi connectivity index (χ2v) is 16.7. The highest BCUT2D eigenvalue weighted by molar-refractivity contribution is 5.97. The summed E-state index contributed by atoms with van der Waals surface area (Å²) in [5.41, 5.74) is 9.02. The van der Waals surface area contributed by atoms with Gasteiger partial charge in [-0.1, -0.05) is 225 Å². The molecule has 1 aliphatic rings. The second-order valence-electron chi connectivity index (χ2n) is 16.7. The molecule has 0 amide bonds. The summed E-state index contributed by atoms with van der Waals surface area (Å²) in [6, 6.07) is 48.2. The first kappa shape index (κ1) is 34.8. The van der Waals surface area contributed by atoms with Gasteiger partial charge in [0.05, 0.1) is 16.4 Å². The molecule has 0 N–H and O–H groups in total. The Labute approximate surface area is 413 Å². The molecule has 9 aromatic rings. The lowest BCUT2D eigenvalue weighted by Gasteiger charge is -2.39. The van der Waals surface area contributed by atoms with Crippen LogP contribution in [-0.4, -0.2) is 0 Å². The Balaban J connectivity index is 1.23. The Morgan fingerprint density at radius 2 is 1.09 bits per heavy atom. The normalized spacial score (nSPS) is 16.0. The monoisotopic (exact) mass is 879 g/mol. The minimum Gasteiger partial charge on any atom is -0.310 e. The van der Waals surface area contributed by atoms with Crippen LogP contribution in [0.3, 0.4) is 0 Å². The first-order chi connectivity index (χ1) is 36.9. The van der Waals surface area contributed by atoms with Crippen molar-refractivity contribution in [2.45, 2.75) is 11.8 Å². The van der Waals surface area contributed by atoms with Crippen molar-refractivity contribution in [3.05, 3.63) is 297 Å². The van der Waals surface area contributed by atoms with Gasteiger partial charge in [-0.3, -0.25) is 0 Å². The van der Waals surface area contributed by atoms with Crippen molar-refractivity contribution in [1.29, 1.82) is 0 Å². The number of anilines is 3. The van der Waals surface area contributed by atoms with Crippen molar-refractivity contribution in [2.75, 3.05) is 4.90 Å². The molecule has 326 valence electrons. The predicted octanol–water partition coefficient (Wildman–Crippen LogP) is 18.4. The molecule has 0 bridgehead atoms. The summed E-state index contributed by atoms with van der Waals surface area (Å²) >= 11 is 0. The smallest absolute Gasteiger partial charge is 0.0645 e. The van der Waals surface area contributed by atoms with Gasteiger partial charge < -0.3 is 4.90 Å². The standard InChI is InChI=1S/C67H53N/c1-5-9-21-48-35-38-55(45-53(48)22-10-6-2)54-25-18-28-59(46-54)68(58-41-39-50(40-42-58)49-33-36-52(37-34-49)62-31-19-24-51-23-14-15-29-61(51)62)60-43-44-64-63-30-16-17-32-65(63)67(66(64)47-60,56(8-4)20-7-3)57-26-12-11-13-27-57/h5-19,21-47,56H,1-4,20H2/b21-9-,22-10-/i33D,34D,36D,37D,39D,40D,41D,42D. The number of benzene rings is 9. The van der Waals surface area contributed by atoms with E-state index >= 15 is 0 Å². The topological polar surface area (TPSA) is 3.24 Å². The molecule has 1 nitrogen and oxygen atoms in total. The molecule has 1 aliphatic carbocycles. The summed E-state index contributed by atoms with van der Waals surface area (Å²) in [6.07, 6.45) is 15.7. The minimum atomic E-state index is -0.766. The Hall–Kier alpha value is -8.52. The summed E-state index contributed by atoms with van der Waals surface area (Å²) in [4.78, 5) is 1.77. The molecule has 10 rings (SSSR count). The van der Waals surface area contributed by atoms with E-state index in [1.807, 2.05) is 134 Å². The summed E-state index contributed by atoms with van der Waals surface area (Å²) < 4.78 is 77.0. The van der Waals surface area contributed by atoms with E-state index in [9.17, 15) is 11.0 Å². The Kier molecular flexibility index (Phi) is 9.79. The number of allylic oxidation sites excluding steroid dienone is 6. The van der Waals surface area contributed by atoms with E-state index in [1.165, 1.54) is 0 Å². The average molecular weight is 880 g/mol. The van der Waals surface area contributed by atoms with E-state index in [1.54, 1.807) is 29.2 Å². The van der Waals surface area contributed by atoms with Gasteiger partial charge in [-0.15, -0.1) is 13.2 Å². The van der Waals surface area contributed by atoms with E-state index in [4.69, 9.17) is 0 Å². The lowest BCUT2D eigenvalue weighted by Crippen LogP contribution is -2.35. The van der Waals surface area contributed by atoms with Crippen LogP contribution < -0.4 is 4.90 Å². The summed E-state index contributed by atoms with van der Waals surface area (Å²) in [6.45, 7) is 16.3. The third-order valence-corrected chi connectivity index (χ3v) is 12.9. The lowest BCUT2D eigenvalue weighted by atomic mass is 9.63. The van der Waals surface area contributed by atoms with Gasteiger partial charge in [-0.2, -0.15) is 0 Å². The fraction of sp³-hybridized carbons (Fsp3) is 0.0448. The van der Waals surface area contributed by atoms with E-state index in [-0.39, 0.29) is 40.4 Å². The van der Waals surface area contributed by atoms with Gasteiger partial charge in [0, 0.05) is 17.1 Å². The summed E-state index contributed by atoms with van der Waals surface area (Å²) in [5.74, 6) is -0.165. The van der Waals surface area contributed by atoms with Gasteiger partial charge in [0.2, 0.25) is 0 Å². The lowest BCUT2D eigenvalue weighted by molar-refractivity contribution is 0.461. The second kappa shape index (κ2) is 19.1. The highest BCUT2D eigenvalue weighted by Gasteiger charge is 2.48. The van der Waals surface area contributed by atoms with Crippen molar-refractivity contribution < 1.29 is 11.0 Å². The maximum Gasteiger partial charge on any atom is 0.0645 e. The molecule has 1 heteroatoms. The SMILES string of the molecule is [2H]c1c([2H])c(-c2cccc3ccccc23)c([2H])c([2H])c1-c1c([2H])c([2H])c(N(c2cccc(-c3ccc(/C=C\C=C)c(/C=C\C=C)c3)c2)c2ccc3c(c2)C(c2ccccc2)(C(C=C)CC=C)c2ccccc2-3)c([2H])c1[2H]. The average Bonchev–Trinajstić information content (AvgIpc) is 3.79. The molecule has 0 heterocycles. The molecule has 0 fully saturated rings. The number of nitrogens with zero attached hydrogens (tertiary/aromatic N) is 1. The van der Waals surface area contributed by atoms with Crippen molar-refractivity contribution in [3.63, 3.8) is 0 Å². The fourth-order valence-electron chi connectivity index (χ4n) is 9.88. The van der Waals surface area contributed by atoms with E-state index in [0.29, 0.717) is 23.4 Å². The molecule has 0 spiro atoms. The molecule has 2 unspecified atom stereocenters. The molecule has 0 saturated heterocycles. The molecular formula is C67H53N. The zero-order valence-corrected chi connectivity index (χ0v) is 37.7. The van der Waals surface area contributed by atoms with Gasteiger partial charge in [0.25, 0.3) is 0 Å². The molecule has 0 radical (unpaired) electrons. The third-order valence-electron chi connectivity index (χ3n) is 12.9. The highest BCUT2D eigenvalue weighted by Crippen LogP contribution is 2.58. The maximum atomic E-state index is 9.98. The summed E-state index contributed by atoms with van der Waals surface area (Å²) in [5, 5.41) is 1.61. The number of hydrogen-bond acceptors (Lipinski definition) is 1. The molecule has 0 aliphatic heterocycles. The van der Waals surface area contributed by atoms with Crippen LogP contribution in [-0.2, 0) is 5.41 Å². The van der Waals surface area contributed by atoms with Crippen molar-refractivity contribution >= 4 is 40.0 Å². The molecule has 68 heavy (non-hydrogen) atoms. The fourth-order valence-corrected chi connectivity index (χ4v) is 9.88. The number of fused-ring (bicyclic) bond motifs is 4. The Morgan fingerprint density at radius 3 is 1.85 bits per heavy atom. The minimum absolute atomic E-state index is 0.0646. The molecule has 2 atom stereocenters. The van der Waals surface area contributed by atoms with Gasteiger partial charge in [-0.05, 0) is 138 Å². The van der Waals surface area contributed by atoms with Crippen molar-refractivity contribution in [2.24, 2.45) is 5.92 Å². The molecular weight excluding hydrogens is 819 g/mol. The van der Waals surface area contributed by atoms with E-state index in [0.717, 1.165) is 60.8 Å². The van der Waals surface area contributed by atoms with Crippen LogP contribution in [0, 0.1) is 5.92 Å². The van der Waals surface area contributed by atoms with Crippen molar-refractivity contribution in [1.82, 2.24) is 0 Å². The van der Waals surface area contributed by atoms with Crippen LogP contribution in [0.2, 0.25) is 0 Å². The molecule has 0 aromatic heterocycles. The van der Waals surface area contributed by atoms with Gasteiger partial charge >= 0.3 is 0 Å². The van der Waals surface area contributed by atoms with Crippen LogP contribution in [0.1, 0.15) is 45.2 Å². The van der Waals surface area contributed by atoms with Crippen LogP contribution in [0.5, 0.6) is 0 Å². The van der Waals surface area contributed by atoms with Crippen LogP contribution in [0.4, 0.5) is 17.1 Å². The van der Waals surface area contributed by atoms with Crippen LogP contribution >= 0.6 is 0 Å². The largest absolute Gasteiger partial charge is 0.310 e. The maximum absolute atomic E-state index is 9.98. The molecule has 0 saturated carbocycles. The van der Waals surface area contributed by atoms with Crippen LogP contribution in [0.25, 0.3) is 67.4 Å². The predicted molar refractivity (Wildman–Crippen MR) is 294 cm³/mol. The quantitative estimate of drug-likeness (QED) is 0.0732. The zero-order valence-electron chi connectivity index (χ0n) is 45.7. The van der Waals surface area contributed by atoms with Crippen LogP contribution in [0.15, 0.2) is 269 Å².